The number of benzene rings is 1. The molecule has 0 radical (unpaired) electrons. The molecule has 0 saturated carbocycles. The van der Waals surface area contributed by atoms with Crippen LogP contribution in [0.15, 0.2) is 36.7 Å². The van der Waals surface area contributed by atoms with Crippen LogP contribution in [0, 0.1) is 5.82 Å². The molecule has 0 aliphatic carbocycles. The maximum Gasteiger partial charge on any atom is 0.338 e. The van der Waals surface area contributed by atoms with Crippen LogP contribution in [0.5, 0.6) is 0 Å². The van der Waals surface area contributed by atoms with Crippen molar-refractivity contribution in [2.45, 2.75) is 6.54 Å². The fraction of sp³-hybridized carbons (Fsp3) is 0.0769. The fourth-order valence-corrected chi connectivity index (χ4v) is 1.60. The lowest BCUT2D eigenvalue weighted by Crippen LogP contribution is -2.07. The number of hydrogen-bond acceptors (Lipinski definition) is 4. The lowest BCUT2D eigenvalue weighted by atomic mass is 10.1. The number of carbonyl (C=O) groups is 1. The minimum absolute atomic E-state index is 0.188. The Bertz CT molecular complexity index is 602. The van der Waals surface area contributed by atoms with Crippen LogP contribution >= 0.6 is 0 Å². The van der Waals surface area contributed by atoms with Crippen LogP contribution in [0.4, 0.5) is 15.8 Å². The Morgan fingerprint density at radius 3 is 2.68 bits per heavy atom. The predicted molar refractivity (Wildman–Crippen MR) is 69.3 cm³/mol. The molecule has 0 bridgehead atoms. The molecule has 19 heavy (non-hydrogen) atoms. The first-order valence-electron chi connectivity index (χ1n) is 5.53. The maximum absolute atomic E-state index is 13.5. The van der Waals surface area contributed by atoms with Gasteiger partial charge in [0.25, 0.3) is 0 Å². The summed E-state index contributed by atoms with van der Waals surface area (Å²) in [6.07, 6.45) is 3.29. The topological polar surface area (TPSA) is 88.2 Å². The number of nitrogens with two attached hydrogens (primary N) is 1. The van der Waals surface area contributed by atoms with Gasteiger partial charge in [0.2, 0.25) is 0 Å². The minimum atomic E-state index is -1.34. The van der Waals surface area contributed by atoms with E-state index in [0.29, 0.717) is 12.2 Å². The van der Waals surface area contributed by atoms with Crippen molar-refractivity contribution in [3.05, 3.63) is 53.6 Å². The number of carboxylic acid groups (broad SMARTS) is 1. The van der Waals surface area contributed by atoms with Crippen molar-refractivity contribution in [1.29, 1.82) is 0 Å². The van der Waals surface area contributed by atoms with Crippen LogP contribution in [-0.2, 0) is 6.54 Å². The number of nitrogens with zero attached hydrogens (tertiary/aromatic N) is 1. The summed E-state index contributed by atoms with van der Waals surface area (Å²) in [5.74, 6) is -2.16. The zero-order valence-corrected chi connectivity index (χ0v) is 9.93. The lowest BCUT2D eigenvalue weighted by Gasteiger charge is -2.10. The van der Waals surface area contributed by atoms with Crippen molar-refractivity contribution in [2.24, 2.45) is 0 Å². The van der Waals surface area contributed by atoms with Gasteiger partial charge in [0.05, 0.1) is 16.9 Å². The molecule has 1 aromatic heterocycles. The second-order valence-electron chi connectivity index (χ2n) is 3.93. The SMILES string of the molecule is Nc1cc(C(=O)O)c(F)cc1NCc1ccncc1. The van der Waals surface area contributed by atoms with Crippen molar-refractivity contribution < 1.29 is 14.3 Å². The molecule has 4 N–H and O–H groups in total. The Hall–Kier alpha value is -2.63. The fourth-order valence-electron chi connectivity index (χ4n) is 1.60. The Morgan fingerprint density at radius 1 is 1.37 bits per heavy atom. The molecule has 0 amide bonds. The third-order valence-electron chi connectivity index (χ3n) is 2.60. The van der Waals surface area contributed by atoms with Crippen molar-refractivity contribution in [3.8, 4) is 0 Å². The summed E-state index contributed by atoms with van der Waals surface area (Å²) >= 11 is 0. The molecular weight excluding hydrogens is 249 g/mol. The first-order chi connectivity index (χ1) is 9.08. The predicted octanol–water partition coefficient (Wildman–Crippen LogP) is 2.11. The smallest absolute Gasteiger partial charge is 0.338 e. The highest BCUT2D eigenvalue weighted by Gasteiger charge is 2.13. The first-order valence-corrected chi connectivity index (χ1v) is 5.53. The molecule has 0 aliphatic rings. The third kappa shape index (κ3) is 2.98. The van der Waals surface area contributed by atoms with E-state index < -0.39 is 17.3 Å². The number of pyridine rings is 1. The van der Waals surface area contributed by atoms with E-state index in [4.69, 9.17) is 10.8 Å². The van der Waals surface area contributed by atoms with E-state index in [1.807, 2.05) is 12.1 Å². The molecule has 0 atom stereocenters. The molecule has 1 aromatic carbocycles. The molecule has 0 fully saturated rings. The van der Waals surface area contributed by atoms with E-state index in [2.05, 4.69) is 10.3 Å². The van der Waals surface area contributed by atoms with E-state index in [1.54, 1.807) is 12.4 Å². The monoisotopic (exact) mass is 261 g/mol. The Kier molecular flexibility index (Phi) is 3.61. The highest BCUT2D eigenvalue weighted by Crippen LogP contribution is 2.23. The number of carboxylic acids is 1. The van der Waals surface area contributed by atoms with Crippen LogP contribution in [-0.4, -0.2) is 16.1 Å². The van der Waals surface area contributed by atoms with E-state index in [1.165, 1.54) is 0 Å². The molecular formula is C13H12FN3O2. The Morgan fingerprint density at radius 2 is 2.05 bits per heavy atom. The van der Waals surface area contributed by atoms with Gasteiger partial charge in [-0.25, -0.2) is 9.18 Å². The minimum Gasteiger partial charge on any atom is -0.478 e. The zero-order chi connectivity index (χ0) is 13.8. The number of hydrogen-bond donors (Lipinski definition) is 3. The highest BCUT2D eigenvalue weighted by molar-refractivity contribution is 5.90. The molecule has 2 rings (SSSR count). The van der Waals surface area contributed by atoms with E-state index in [-0.39, 0.29) is 5.69 Å². The zero-order valence-electron chi connectivity index (χ0n) is 9.93. The van der Waals surface area contributed by atoms with Gasteiger partial charge >= 0.3 is 5.97 Å². The summed E-state index contributed by atoms with van der Waals surface area (Å²) in [4.78, 5) is 14.6. The summed E-state index contributed by atoms with van der Waals surface area (Å²) in [5.41, 5.74) is 6.75. The maximum atomic E-state index is 13.5. The van der Waals surface area contributed by atoms with Crippen LogP contribution in [0.2, 0.25) is 0 Å². The number of rotatable bonds is 4. The molecule has 6 heteroatoms. The summed E-state index contributed by atoms with van der Waals surface area (Å²) in [5, 5.41) is 11.7. The van der Waals surface area contributed by atoms with Crippen molar-refractivity contribution in [3.63, 3.8) is 0 Å². The number of halogens is 1. The lowest BCUT2D eigenvalue weighted by molar-refractivity contribution is 0.0692. The second-order valence-corrected chi connectivity index (χ2v) is 3.93. The average molecular weight is 261 g/mol. The van der Waals surface area contributed by atoms with E-state index >= 15 is 0 Å². The summed E-state index contributed by atoms with van der Waals surface area (Å²) in [6, 6.07) is 5.81. The summed E-state index contributed by atoms with van der Waals surface area (Å²) < 4.78 is 13.5. The molecule has 1 heterocycles. The molecule has 5 nitrogen and oxygen atoms in total. The van der Waals surface area contributed by atoms with E-state index in [0.717, 1.165) is 17.7 Å². The van der Waals surface area contributed by atoms with Crippen molar-refractivity contribution >= 4 is 17.3 Å². The number of aromatic carboxylic acids is 1. The Balaban J connectivity index is 2.17. The standard InChI is InChI=1S/C13H12FN3O2/c14-10-6-12(11(15)5-9(10)13(18)19)17-7-8-1-3-16-4-2-8/h1-6,17H,7,15H2,(H,18,19). The van der Waals surface area contributed by atoms with Gasteiger partial charge in [-0.1, -0.05) is 0 Å². The van der Waals surface area contributed by atoms with Crippen LogP contribution in [0.25, 0.3) is 0 Å². The van der Waals surface area contributed by atoms with Crippen LogP contribution in [0.1, 0.15) is 15.9 Å². The van der Waals surface area contributed by atoms with Crippen molar-refractivity contribution in [2.75, 3.05) is 11.1 Å². The number of anilines is 2. The van der Waals surface area contributed by atoms with Crippen LogP contribution in [0.3, 0.4) is 0 Å². The van der Waals surface area contributed by atoms with Gasteiger partial charge < -0.3 is 16.2 Å². The molecule has 0 unspecified atom stereocenters. The normalized spacial score (nSPS) is 10.2. The highest BCUT2D eigenvalue weighted by atomic mass is 19.1. The molecule has 0 spiro atoms. The molecule has 98 valence electrons. The van der Waals surface area contributed by atoms with Gasteiger partial charge in [0, 0.05) is 18.9 Å². The average Bonchev–Trinajstić information content (AvgIpc) is 2.40. The third-order valence-corrected chi connectivity index (χ3v) is 2.60. The summed E-state index contributed by atoms with van der Waals surface area (Å²) in [6.45, 7) is 0.443. The van der Waals surface area contributed by atoms with Gasteiger partial charge in [0.15, 0.2) is 0 Å². The summed E-state index contributed by atoms with van der Waals surface area (Å²) in [7, 11) is 0. The van der Waals surface area contributed by atoms with Gasteiger partial charge in [-0.15, -0.1) is 0 Å². The molecule has 0 aliphatic heterocycles. The van der Waals surface area contributed by atoms with Crippen molar-refractivity contribution in [1.82, 2.24) is 4.98 Å². The Labute approximate surface area is 108 Å². The quantitative estimate of drug-likeness (QED) is 0.733. The largest absolute Gasteiger partial charge is 0.478 e. The van der Waals surface area contributed by atoms with E-state index in [9.17, 15) is 9.18 Å². The number of nitrogen functional groups attached to an aromatic ring is 1. The van der Waals surface area contributed by atoms with Crippen LogP contribution < -0.4 is 11.1 Å². The second kappa shape index (κ2) is 5.34. The number of aromatic nitrogens is 1. The van der Waals surface area contributed by atoms with Gasteiger partial charge in [-0.05, 0) is 29.8 Å². The van der Waals surface area contributed by atoms with Gasteiger partial charge in [0.1, 0.15) is 5.82 Å². The molecule has 2 aromatic rings. The molecule has 0 saturated heterocycles. The number of nitrogens with one attached hydrogen (secondary N) is 1. The van der Waals surface area contributed by atoms with Gasteiger partial charge in [-0.2, -0.15) is 0 Å². The first kappa shape index (κ1) is 12.8. The van der Waals surface area contributed by atoms with Gasteiger partial charge in [-0.3, -0.25) is 4.98 Å².